The van der Waals surface area contributed by atoms with Gasteiger partial charge in [0.05, 0.1) is 12.5 Å². The summed E-state index contributed by atoms with van der Waals surface area (Å²) in [4.78, 5) is 13.9. The molecule has 2 rings (SSSR count). The van der Waals surface area contributed by atoms with Gasteiger partial charge in [-0.1, -0.05) is 6.42 Å². The first-order valence-corrected chi connectivity index (χ1v) is 6.14. The predicted molar refractivity (Wildman–Crippen MR) is 65.2 cm³/mol. The third-order valence-corrected chi connectivity index (χ3v) is 3.45. The second kappa shape index (κ2) is 4.92. The SMILES string of the molecule is Cc1ccc(CN(C)C(=O)C2CCCC2N)o1. The van der Waals surface area contributed by atoms with Crippen LogP contribution in [0.2, 0.25) is 0 Å². The third-order valence-electron chi connectivity index (χ3n) is 3.45. The summed E-state index contributed by atoms with van der Waals surface area (Å²) in [6.07, 6.45) is 2.94. The Kier molecular flexibility index (Phi) is 3.52. The summed E-state index contributed by atoms with van der Waals surface area (Å²) < 4.78 is 5.47. The molecule has 0 bridgehead atoms. The van der Waals surface area contributed by atoms with E-state index in [4.69, 9.17) is 10.2 Å². The lowest BCUT2D eigenvalue weighted by Gasteiger charge is -2.22. The highest BCUT2D eigenvalue weighted by atomic mass is 16.3. The average Bonchev–Trinajstić information content (AvgIpc) is 2.86. The quantitative estimate of drug-likeness (QED) is 0.868. The van der Waals surface area contributed by atoms with E-state index in [-0.39, 0.29) is 17.9 Å². The molecule has 0 saturated heterocycles. The number of furan rings is 1. The topological polar surface area (TPSA) is 59.5 Å². The van der Waals surface area contributed by atoms with Crippen LogP contribution in [0.15, 0.2) is 16.5 Å². The summed E-state index contributed by atoms with van der Waals surface area (Å²) >= 11 is 0. The molecule has 2 N–H and O–H groups in total. The summed E-state index contributed by atoms with van der Waals surface area (Å²) in [6, 6.07) is 3.85. The highest BCUT2D eigenvalue weighted by Crippen LogP contribution is 2.26. The van der Waals surface area contributed by atoms with Crippen LogP contribution in [0.1, 0.15) is 30.8 Å². The van der Waals surface area contributed by atoms with Crippen LogP contribution in [0.4, 0.5) is 0 Å². The number of hydrogen-bond donors (Lipinski definition) is 1. The Morgan fingerprint density at radius 2 is 2.29 bits per heavy atom. The highest BCUT2D eigenvalue weighted by Gasteiger charge is 2.32. The molecule has 1 saturated carbocycles. The van der Waals surface area contributed by atoms with Gasteiger partial charge in [-0.3, -0.25) is 4.79 Å². The molecule has 0 spiro atoms. The molecule has 2 atom stereocenters. The van der Waals surface area contributed by atoms with Crippen LogP contribution >= 0.6 is 0 Å². The van der Waals surface area contributed by atoms with Gasteiger partial charge < -0.3 is 15.1 Å². The van der Waals surface area contributed by atoms with Crippen molar-refractivity contribution in [2.24, 2.45) is 11.7 Å². The number of amides is 1. The van der Waals surface area contributed by atoms with Gasteiger partial charge in [-0.2, -0.15) is 0 Å². The molecule has 1 aromatic rings. The normalized spacial score (nSPS) is 23.9. The van der Waals surface area contributed by atoms with E-state index >= 15 is 0 Å². The van der Waals surface area contributed by atoms with Crippen molar-refractivity contribution in [2.45, 2.75) is 38.8 Å². The van der Waals surface area contributed by atoms with Gasteiger partial charge in [0.1, 0.15) is 11.5 Å². The molecule has 4 nitrogen and oxygen atoms in total. The van der Waals surface area contributed by atoms with Gasteiger partial charge in [-0.05, 0) is 31.9 Å². The van der Waals surface area contributed by atoms with Gasteiger partial charge in [-0.15, -0.1) is 0 Å². The van der Waals surface area contributed by atoms with Gasteiger partial charge in [0.2, 0.25) is 5.91 Å². The molecule has 1 aromatic heterocycles. The summed E-state index contributed by atoms with van der Waals surface area (Å²) in [6.45, 7) is 2.42. The van der Waals surface area contributed by atoms with E-state index in [1.54, 1.807) is 4.90 Å². The molecule has 94 valence electrons. The smallest absolute Gasteiger partial charge is 0.227 e. The van der Waals surface area contributed by atoms with E-state index in [0.29, 0.717) is 6.54 Å². The Balaban J connectivity index is 1.95. The molecule has 1 aliphatic carbocycles. The number of rotatable bonds is 3. The van der Waals surface area contributed by atoms with Crippen molar-refractivity contribution in [1.29, 1.82) is 0 Å². The summed E-state index contributed by atoms with van der Waals surface area (Å²) in [5.41, 5.74) is 5.94. The fourth-order valence-corrected chi connectivity index (χ4v) is 2.46. The van der Waals surface area contributed by atoms with Crippen LogP contribution in [0.25, 0.3) is 0 Å². The Bertz CT molecular complexity index is 400. The maximum atomic E-state index is 12.2. The molecule has 2 unspecified atom stereocenters. The Morgan fingerprint density at radius 1 is 1.53 bits per heavy atom. The zero-order valence-corrected chi connectivity index (χ0v) is 10.5. The minimum absolute atomic E-state index is 0.00365. The van der Waals surface area contributed by atoms with E-state index in [9.17, 15) is 4.79 Å². The maximum absolute atomic E-state index is 12.2. The number of nitrogens with two attached hydrogens (primary N) is 1. The molecule has 0 aromatic carbocycles. The second-order valence-corrected chi connectivity index (χ2v) is 4.91. The molecule has 17 heavy (non-hydrogen) atoms. The molecule has 0 radical (unpaired) electrons. The average molecular weight is 236 g/mol. The fourth-order valence-electron chi connectivity index (χ4n) is 2.46. The van der Waals surface area contributed by atoms with Gasteiger partial charge in [0, 0.05) is 13.1 Å². The standard InChI is InChI=1S/C13H20N2O2/c1-9-6-7-10(17-9)8-15(2)13(16)11-4-3-5-12(11)14/h6-7,11-12H,3-5,8,14H2,1-2H3. The van der Waals surface area contributed by atoms with Gasteiger partial charge in [-0.25, -0.2) is 0 Å². The van der Waals surface area contributed by atoms with Crippen molar-refractivity contribution in [1.82, 2.24) is 4.90 Å². The lowest BCUT2D eigenvalue weighted by Crippen LogP contribution is -2.39. The summed E-state index contributed by atoms with van der Waals surface area (Å²) in [7, 11) is 1.81. The van der Waals surface area contributed by atoms with Crippen LogP contribution in [-0.2, 0) is 11.3 Å². The van der Waals surface area contributed by atoms with Gasteiger partial charge >= 0.3 is 0 Å². The zero-order valence-electron chi connectivity index (χ0n) is 10.5. The van der Waals surface area contributed by atoms with E-state index in [0.717, 1.165) is 30.8 Å². The lowest BCUT2D eigenvalue weighted by atomic mass is 10.0. The molecule has 1 aliphatic rings. The minimum atomic E-state index is -0.00365. The lowest BCUT2D eigenvalue weighted by molar-refractivity contribution is -0.135. The second-order valence-electron chi connectivity index (χ2n) is 4.91. The summed E-state index contributed by atoms with van der Waals surface area (Å²) in [5.74, 6) is 1.84. The molecule has 1 fully saturated rings. The Hall–Kier alpha value is -1.29. The first-order chi connectivity index (χ1) is 8.08. The van der Waals surface area contributed by atoms with E-state index in [1.165, 1.54) is 0 Å². The molecular formula is C13H20N2O2. The zero-order chi connectivity index (χ0) is 12.4. The largest absolute Gasteiger partial charge is 0.464 e. The van der Waals surface area contributed by atoms with Crippen molar-refractivity contribution < 1.29 is 9.21 Å². The maximum Gasteiger partial charge on any atom is 0.227 e. The van der Waals surface area contributed by atoms with Crippen LogP contribution in [0.3, 0.4) is 0 Å². The third kappa shape index (κ3) is 2.69. The van der Waals surface area contributed by atoms with Crippen LogP contribution in [0, 0.1) is 12.8 Å². The number of aryl methyl sites for hydroxylation is 1. The van der Waals surface area contributed by atoms with E-state index in [2.05, 4.69) is 0 Å². The monoisotopic (exact) mass is 236 g/mol. The van der Waals surface area contributed by atoms with Gasteiger partial charge in [0.25, 0.3) is 0 Å². The fraction of sp³-hybridized carbons (Fsp3) is 0.615. The Morgan fingerprint density at radius 3 is 2.82 bits per heavy atom. The first-order valence-electron chi connectivity index (χ1n) is 6.14. The van der Waals surface area contributed by atoms with Crippen molar-refractivity contribution >= 4 is 5.91 Å². The minimum Gasteiger partial charge on any atom is -0.464 e. The van der Waals surface area contributed by atoms with E-state index in [1.807, 2.05) is 26.1 Å². The number of nitrogens with zero attached hydrogens (tertiary/aromatic N) is 1. The number of hydrogen-bond acceptors (Lipinski definition) is 3. The van der Waals surface area contributed by atoms with Crippen LogP contribution in [0.5, 0.6) is 0 Å². The molecule has 1 heterocycles. The molecule has 0 aliphatic heterocycles. The van der Waals surface area contributed by atoms with Crippen LogP contribution < -0.4 is 5.73 Å². The number of carbonyl (C=O) groups is 1. The Labute approximate surface area is 102 Å². The summed E-state index contributed by atoms with van der Waals surface area (Å²) in [5, 5.41) is 0. The van der Waals surface area contributed by atoms with E-state index < -0.39 is 0 Å². The first kappa shape index (κ1) is 12.2. The van der Waals surface area contributed by atoms with Crippen molar-refractivity contribution in [3.63, 3.8) is 0 Å². The molecular weight excluding hydrogens is 216 g/mol. The molecule has 1 amide bonds. The highest BCUT2D eigenvalue weighted by molar-refractivity contribution is 5.79. The van der Waals surface area contributed by atoms with Crippen molar-refractivity contribution in [3.8, 4) is 0 Å². The number of carbonyl (C=O) groups excluding carboxylic acids is 1. The van der Waals surface area contributed by atoms with Gasteiger partial charge in [0.15, 0.2) is 0 Å². The predicted octanol–water partition coefficient (Wildman–Crippen LogP) is 1.67. The van der Waals surface area contributed by atoms with Crippen LogP contribution in [-0.4, -0.2) is 23.9 Å². The van der Waals surface area contributed by atoms with Crippen molar-refractivity contribution in [3.05, 3.63) is 23.7 Å². The van der Waals surface area contributed by atoms with Crippen molar-refractivity contribution in [2.75, 3.05) is 7.05 Å². The molecule has 4 heteroatoms.